The first-order valence-corrected chi connectivity index (χ1v) is 5.38. The molecule has 1 aromatic heterocycles. The average molecular weight is 212 g/mol. The van der Waals surface area contributed by atoms with Gasteiger partial charge in [-0.15, -0.1) is 0 Å². The Labute approximate surface area is 94.9 Å². The van der Waals surface area contributed by atoms with Crippen molar-refractivity contribution in [3.05, 3.63) is 48.0 Å². The van der Waals surface area contributed by atoms with Crippen LogP contribution < -0.4 is 6.15 Å². The summed E-state index contributed by atoms with van der Waals surface area (Å²) in [5, 5.41) is 2.66. The Morgan fingerprint density at radius 1 is 0.938 bits per heavy atom. The van der Waals surface area contributed by atoms with Crippen LogP contribution in [0.5, 0.6) is 0 Å². The quantitative estimate of drug-likeness (QED) is 0.628. The van der Waals surface area contributed by atoms with Gasteiger partial charge in [-0.1, -0.05) is 43.3 Å². The zero-order valence-corrected chi connectivity index (χ0v) is 9.46. The topological polar surface area (TPSA) is 50.8 Å². The van der Waals surface area contributed by atoms with Gasteiger partial charge in [-0.25, -0.2) is 0 Å². The van der Waals surface area contributed by atoms with E-state index in [0.29, 0.717) is 0 Å². The number of hydrogen-bond acceptors (Lipinski definition) is 1. The lowest BCUT2D eigenvalue weighted by Crippen LogP contribution is -1.80. The van der Waals surface area contributed by atoms with Crippen LogP contribution in [0.1, 0.15) is 12.5 Å². The molecule has 0 spiro atoms. The Hall–Kier alpha value is -1.80. The number of rotatable bonds is 1. The molecule has 0 saturated heterocycles. The van der Waals surface area contributed by atoms with E-state index in [-0.39, 0.29) is 6.15 Å². The monoisotopic (exact) mass is 212 g/mol. The van der Waals surface area contributed by atoms with E-state index in [1.165, 1.54) is 27.4 Å². The third kappa shape index (κ3) is 1.39. The largest absolute Gasteiger partial charge is 0.354 e. The van der Waals surface area contributed by atoms with Gasteiger partial charge in [0, 0.05) is 21.8 Å². The molecule has 16 heavy (non-hydrogen) atoms. The van der Waals surface area contributed by atoms with Crippen LogP contribution in [-0.4, -0.2) is 4.98 Å². The van der Waals surface area contributed by atoms with Gasteiger partial charge in [-0.3, -0.25) is 0 Å². The number of para-hydroxylation sites is 2. The number of fused-ring (bicyclic) bond motifs is 3. The van der Waals surface area contributed by atoms with Gasteiger partial charge in [-0.05, 0) is 18.1 Å². The van der Waals surface area contributed by atoms with E-state index in [4.69, 9.17) is 0 Å². The number of H-pyrrole nitrogens is 1. The van der Waals surface area contributed by atoms with E-state index >= 15 is 0 Å². The molecule has 0 atom stereocenters. The van der Waals surface area contributed by atoms with E-state index in [1.807, 2.05) is 0 Å². The van der Waals surface area contributed by atoms with Gasteiger partial charge < -0.3 is 11.1 Å². The number of aromatic nitrogens is 1. The van der Waals surface area contributed by atoms with Gasteiger partial charge in [0.2, 0.25) is 0 Å². The minimum atomic E-state index is 0. The molecule has 2 aromatic carbocycles. The predicted molar refractivity (Wildman–Crippen MR) is 70.2 cm³/mol. The van der Waals surface area contributed by atoms with Crippen molar-refractivity contribution in [1.29, 1.82) is 0 Å². The molecule has 0 aliphatic carbocycles. The van der Waals surface area contributed by atoms with Crippen molar-refractivity contribution in [3.63, 3.8) is 0 Å². The summed E-state index contributed by atoms with van der Waals surface area (Å²) in [7, 11) is 0. The third-order valence-corrected chi connectivity index (χ3v) is 3.01. The van der Waals surface area contributed by atoms with E-state index < -0.39 is 0 Å². The van der Waals surface area contributed by atoms with Crippen LogP contribution in [0.15, 0.2) is 42.5 Å². The normalized spacial score (nSPS) is 10.6. The molecule has 2 heteroatoms. The molecular formula is C14H16N2. The maximum atomic E-state index is 3.50. The lowest BCUT2D eigenvalue weighted by Gasteiger charge is -1.97. The molecule has 3 rings (SSSR count). The maximum Gasteiger partial charge on any atom is 0.0497 e. The van der Waals surface area contributed by atoms with Crippen LogP contribution in [-0.2, 0) is 6.42 Å². The Balaban J connectivity index is 0.000000963. The zero-order valence-electron chi connectivity index (χ0n) is 9.46. The molecule has 4 N–H and O–H groups in total. The summed E-state index contributed by atoms with van der Waals surface area (Å²) in [6, 6.07) is 15.0. The lowest BCUT2D eigenvalue weighted by atomic mass is 10.1. The van der Waals surface area contributed by atoms with Gasteiger partial charge in [0.15, 0.2) is 0 Å². The molecule has 0 fully saturated rings. The number of nitrogens with one attached hydrogen (secondary N) is 1. The Bertz CT molecular complexity index is 623. The lowest BCUT2D eigenvalue weighted by molar-refractivity contribution is 1.15. The van der Waals surface area contributed by atoms with Crippen LogP contribution in [0, 0.1) is 0 Å². The predicted octanol–water partition coefficient (Wildman–Crippen LogP) is 4.05. The molecule has 1 heterocycles. The number of aromatic amines is 1. The van der Waals surface area contributed by atoms with Crippen molar-refractivity contribution in [3.8, 4) is 0 Å². The highest BCUT2D eigenvalue weighted by Gasteiger charge is 2.05. The summed E-state index contributed by atoms with van der Waals surface area (Å²) < 4.78 is 0. The molecule has 2 nitrogen and oxygen atoms in total. The summed E-state index contributed by atoms with van der Waals surface area (Å²) in [5.41, 5.74) is 3.92. The van der Waals surface area contributed by atoms with Gasteiger partial charge in [0.25, 0.3) is 0 Å². The minimum absolute atomic E-state index is 0. The SMILES string of the molecule is CCc1cccc2c1[nH]c1ccccc12.N. The van der Waals surface area contributed by atoms with Gasteiger partial charge in [0.05, 0.1) is 0 Å². The molecule has 0 aliphatic heterocycles. The van der Waals surface area contributed by atoms with Crippen molar-refractivity contribution in [1.82, 2.24) is 11.1 Å². The highest BCUT2D eigenvalue weighted by Crippen LogP contribution is 2.27. The van der Waals surface area contributed by atoms with Crippen LogP contribution in [0.2, 0.25) is 0 Å². The second-order valence-electron chi connectivity index (χ2n) is 3.86. The van der Waals surface area contributed by atoms with Gasteiger partial charge in [0.1, 0.15) is 0 Å². The Morgan fingerprint density at radius 3 is 2.50 bits per heavy atom. The smallest absolute Gasteiger partial charge is 0.0497 e. The first-order chi connectivity index (χ1) is 7.40. The first-order valence-electron chi connectivity index (χ1n) is 5.38. The zero-order chi connectivity index (χ0) is 10.3. The second kappa shape index (κ2) is 3.99. The van der Waals surface area contributed by atoms with Crippen molar-refractivity contribution < 1.29 is 0 Å². The van der Waals surface area contributed by atoms with Gasteiger partial charge in [-0.2, -0.15) is 0 Å². The highest BCUT2D eigenvalue weighted by atomic mass is 14.7. The number of benzene rings is 2. The Morgan fingerprint density at radius 2 is 1.69 bits per heavy atom. The van der Waals surface area contributed by atoms with E-state index in [9.17, 15) is 0 Å². The first kappa shape index (κ1) is 10.7. The van der Waals surface area contributed by atoms with E-state index in [2.05, 4.69) is 54.4 Å². The van der Waals surface area contributed by atoms with Crippen molar-refractivity contribution >= 4 is 21.8 Å². The molecule has 0 saturated carbocycles. The molecule has 0 amide bonds. The summed E-state index contributed by atoms with van der Waals surface area (Å²) in [4.78, 5) is 3.50. The summed E-state index contributed by atoms with van der Waals surface area (Å²) in [6.07, 6.45) is 1.07. The molecule has 0 bridgehead atoms. The summed E-state index contributed by atoms with van der Waals surface area (Å²) in [5.74, 6) is 0. The van der Waals surface area contributed by atoms with Crippen LogP contribution in [0.4, 0.5) is 0 Å². The van der Waals surface area contributed by atoms with Crippen LogP contribution in [0.3, 0.4) is 0 Å². The molecule has 0 aliphatic rings. The van der Waals surface area contributed by atoms with Crippen molar-refractivity contribution in [2.75, 3.05) is 0 Å². The van der Waals surface area contributed by atoms with Gasteiger partial charge >= 0.3 is 0 Å². The van der Waals surface area contributed by atoms with E-state index in [0.717, 1.165) is 6.42 Å². The molecule has 0 unspecified atom stereocenters. The molecule has 82 valence electrons. The summed E-state index contributed by atoms with van der Waals surface area (Å²) >= 11 is 0. The molecule has 3 aromatic rings. The fourth-order valence-electron chi connectivity index (χ4n) is 2.23. The standard InChI is InChI=1S/C14H13N.H3N/c1-2-10-6-5-8-12-11-7-3-4-9-13(11)15-14(10)12;/h3-9,15H,2H2,1H3;1H3. The molecule has 0 radical (unpaired) electrons. The highest BCUT2D eigenvalue weighted by molar-refractivity contribution is 6.08. The summed E-state index contributed by atoms with van der Waals surface area (Å²) in [6.45, 7) is 2.19. The number of aryl methyl sites for hydroxylation is 1. The van der Waals surface area contributed by atoms with Crippen molar-refractivity contribution in [2.24, 2.45) is 0 Å². The van der Waals surface area contributed by atoms with E-state index in [1.54, 1.807) is 0 Å². The maximum absolute atomic E-state index is 3.50. The Kier molecular flexibility index (Phi) is 2.67. The third-order valence-electron chi connectivity index (χ3n) is 3.01. The second-order valence-corrected chi connectivity index (χ2v) is 3.86. The fourth-order valence-corrected chi connectivity index (χ4v) is 2.23. The fraction of sp³-hybridized carbons (Fsp3) is 0.143. The number of hydrogen-bond donors (Lipinski definition) is 2. The van der Waals surface area contributed by atoms with Crippen molar-refractivity contribution in [2.45, 2.75) is 13.3 Å². The molecular weight excluding hydrogens is 196 g/mol. The minimum Gasteiger partial charge on any atom is -0.354 e. The average Bonchev–Trinajstić information content (AvgIpc) is 2.67. The van der Waals surface area contributed by atoms with Crippen LogP contribution >= 0.6 is 0 Å². The van der Waals surface area contributed by atoms with Crippen LogP contribution in [0.25, 0.3) is 21.8 Å².